The van der Waals surface area contributed by atoms with Crippen LogP contribution in [0.5, 0.6) is 5.75 Å². The van der Waals surface area contributed by atoms with E-state index in [1.54, 1.807) is 13.2 Å². The number of hydrogen-bond acceptors (Lipinski definition) is 5. The Bertz CT molecular complexity index is 1180. The van der Waals surface area contributed by atoms with E-state index >= 15 is 0 Å². The Kier molecular flexibility index (Phi) is 6.87. The van der Waals surface area contributed by atoms with Crippen molar-refractivity contribution in [2.24, 2.45) is 7.05 Å². The average molecular weight is 445 g/mol. The van der Waals surface area contributed by atoms with Crippen LogP contribution in [0, 0.1) is 0 Å². The molecule has 0 aliphatic rings. The van der Waals surface area contributed by atoms with Crippen LogP contribution in [0.4, 0.5) is 5.69 Å². The quantitative estimate of drug-likeness (QED) is 0.392. The first-order valence-corrected chi connectivity index (χ1v) is 11.1. The van der Waals surface area contributed by atoms with Gasteiger partial charge in [0.05, 0.1) is 7.11 Å². The zero-order valence-electron chi connectivity index (χ0n) is 17.9. The molecule has 0 aliphatic carbocycles. The number of amides is 1. The van der Waals surface area contributed by atoms with E-state index in [-0.39, 0.29) is 5.91 Å². The summed E-state index contributed by atoms with van der Waals surface area (Å²) < 4.78 is 7.22. The summed E-state index contributed by atoms with van der Waals surface area (Å²) in [7, 11) is 3.54. The van der Waals surface area contributed by atoms with Crippen molar-refractivity contribution in [1.29, 1.82) is 0 Å². The summed E-state index contributed by atoms with van der Waals surface area (Å²) in [6.07, 6.45) is 0.677. The number of rotatable bonds is 8. The van der Waals surface area contributed by atoms with Crippen molar-refractivity contribution in [1.82, 2.24) is 14.8 Å². The number of methoxy groups -OCH3 is 1. The van der Waals surface area contributed by atoms with Gasteiger partial charge < -0.3 is 14.6 Å². The summed E-state index contributed by atoms with van der Waals surface area (Å²) in [4.78, 5) is 13.3. The van der Waals surface area contributed by atoms with E-state index in [2.05, 4.69) is 27.6 Å². The van der Waals surface area contributed by atoms with Crippen LogP contribution in [0.3, 0.4) is 0 Å². The topological polar surface area (TPSA) is 69.0 Å². The Labute approximate surface area is 191 Å². The second-order valence-electron chi connectivity index (χ2n) is 7.25. The van der Waals surface area contributed by atoms with Gasteiger partial charge >= 0.3 is 0 Å². The van der Waals surface area contributed by atoms with Gasteiger partial charge in [0.25, 0.3) is 0 Å². The van der Waals surface area contributed by atoms with Crippen LogP contribution in [-0.4, -0.2) is 27.8 Å². The molecule has 7 heteroatoms. The molecule has 0 bridgehead atoms. The Morgan fingerprint density at radius 3 is 2.44 bits per heavy atom. The van der Waals surface area contributed by atoms with Crippen molar-refractivity contribution in [3.05, 3.63) is 102 Å². The number of carbonyl (C=O) groups excluding carboxylic acids is 1. The number of aromatic nitrogens is 3. The number of nitrogens with one attached hydrogen (secondary N) is 1. The minimum atomic E-state index is -0.491. The van der Waals surface area contributed by atoms with E-state index < -0.39 is 5.25 Å². The molecule has 0 saturated heterocycles. The van der Waals surface area contributed by atoms with E-state index in [1.807, 2.05) is 78.3 Å². The first-order valence-electron chi connectivity index (χ1n) is 10.2. The maximum Gasteiger partial charge on any atom is 0.242 e. The molecule has 3 aromatic carbocycles. The number of nitrogens with zero attached hydrogens (tertiary/aromatic N) is 3. The average Bonchev–Trinajstić information content (AvgIpc) is 3.17. The van der Waals surface area contributed by atoms with Gasteiger partial charge in [-0.2, -0.15) is 0 Å². The highest BCUT2D eigenvalue weighted by atomic mass is 32.2. The fourth-order valence-corrected chi connectivity index (χ4v) is 4.32. The van der Waals surface area contributed by atoms with Crippen LogP contribution in [0.15, 0.2) is 90.1 Å². The Morgan fingerprint density at radius 1 is 1.00 bits per heavy atom. The highest BCUT2D eigenvalue weighted by Crippen LogP contribution is 2.35. The van der Waals surface area contributed by atoms with Crippen molar-refractivity contribution in [2.75, 3.05) is 12.4 Å². The van der Waals surface area contributed by atoms with E-state index in [1.165, 1.54) is 11.8 Å². The Balaban J connectivity index is 1.57. The SMILES string of the molecule is COc1cccc(NC(=O)[C@@H](Sc2nnc(Cc3ccccc3)n2C)c2ccccc2)c1. The van der Waals surface area contributed by atoms with Crippen molar-refractivity contribution >= 4 is 23.4 Å². The smallest absolute Gasteiger partial charge is 0.242 e. The molecule has 0 spiro atoms. The molecule has 4 aromatic rings. The monoisotopic (exact) mass is 444 g/mol. The van der Waals surface area contributed by atoms with Gasteiger partial charge in [0.15, 0.2) is 5.16 Å². The van der Waals surface area contributed by atoms with E-state index in [9.17, 15) is 4.79 Å². The molecule has 0 saturated carbocycles. The highest BCUT2D eigenvalue weighted by Gasteiger charge is 2.25. The van der Waals surface area contributed by atoms with E-state index in [4.69, 9.17) is 4.74 Å². The molecule has 162 valence electrons. The molecular formula is C25H24N4O2S. The second-order valence-corrected chi connectivity index (χ2v) is 8.32. The van der Waals surface area contributed by atoms with Gasteiger partial charge in [0.1, 0.15) is 16.8 Å². The molecule has 1 aromatic heterocycles. The first-order chi connectivity index (χ1) is 15.6. The van der Waals surface area contributed by atoms with Crippen LogP contribution in [-0.2, 0) is 18.3 Å². The molecule has 0 fully saturated rings. The van der Waals surface area contributed by atoms with Crippen molar-refractivity contribution in [3.8, 4) is 5.75 Å². The van der Waals surface area contributed by atoms with Crippen LogP contribution >= 0.6 is 11.8 Å². The molecule has 4 rings (SSSR count). The third kappa shape index (κ3) is 5.18. The first kappa shape index (κ1) is 21.6. The highest BCUT2D eigenvalue weighted by molar-refractivity contribution is 8.00. The molecule has 1 heterocycles. The second kappa shape index (κ2) is 10.2. The normalized spacial score (nSPS) is 11.7. The van der Waals surface area contributed by atoms with Gasteiger partial charge in [-0.15, -0.1) is 10.2 Å². The number of anilines is 1. The fraction of sp³-hybridized carbons (Fsp3) is 0.160. The molecule has 6 nitrogen and oxygen atoms in total. The van der Waals surface area contributed by atoms with Crippen LogP contribution in [0.2, 0.25) is 0 Å². The Hall–Kier alpha value is -3.58. The summed E-state index contributed by atoms with van der Waals surface area (Å²) >= 11 is 1.38. The summed E-state index contributed by atoms with van der Waals surface area (Å²) in [6.45, 7) is 0. The molecule has 0 unspecified atom stereocenters. The van der Waals surface area contributed by atoms with E-state index in [0.717, 1.165) is 17.0 Å². The van der Waals surface area contributed by atoms with Gasteiger partial charge in [-0.1, -0.05) is 78.5 Å². The minimum absolute atomic E-state index is 0.137. The van der Waals surface area contributed by atoms with E-state index in [0.29, 0.717) is 23.0 Å². The Morgan fingerprint density at radius 2 is 1.72 bits per heavy atom. The lowest BCUT2D eigenvalue weighted by molar-refractivity contribution is -0.115. The fourth-order valence-electron chi connectivity index (χ4n) is 3.29. The van der Waals surface area contributed by atoms with Gasteiger partial charge in [-0.3, -0.25) is 4.79 Å². The lowest BCUT2D eigenvalue weighted by Crippen LogP contribution is -2.19. The maximum absolute atomic E-state index is 13.3. The zero-order valence-corrected chi connectivity index (χ0v) is 18.8. The molecular weight excluding hydrogens is 420 g/mol. The summed E-state index contributed by atoms with van der Waals surface area (Å²) in [5.41, 5.74) is 2.74. The number of hydrogen-bond donors (Lipinski definition) is 1. The molecule has 0 radical (unpaired) electrons. The summed E-state index contributed by atoms with van der Waals surface area (Å²) in [5, 5.41) is 11.9. The number of ether oxygens (including phenoxy) is 1. The standard InChI is InChI=1S/C25H24N4O2S/c1-29-22(16-18-10-5-3-6-11-18)27-28-25(29)32-23(19-12-7-4-8-13-19)24(30)26-20-14-9-15-21(17-20)31-2/h3-15,17,23H,16H2,1-2H3,(H,26,30)/t23-/m0/s1. The lowest BCUT2D eigenvalue weighted by atomic mass is 10.1. The van der Waals surface area contributed by atoms with Gasteiger partial charge in [0, 0.05) is 25.2 Å². The summed E-state index contributed by atoms with van der Waals surface area (Å²) in [6, 6.07) is 27.2. The van der Waals surface area contributed by atoms with Gasteiger partial charge in [-0.25, -0.2) is 0 Å². The largest absolute Gasteiger partial charge is 0.497 e. The molecule has 0 aliphatic heterocycles. The maximum atomic E-state index is 13.3. The summed E-state index contributed by atoms with van der Waals surface area (Å²) in [5.74, 6) is 1.39. The predicted molar refractivity (Wildman–Crippen MR) is 127 cm³/mol. The minimum Gasteiger partial charge on any atom is -0.497 e. The van der Waals surface area contributed by atoms with Crippen LogP contribution in [0.25, 0.3) is 0 Å². The molecule has 1 amide bonds. The number of thioether (sulfide) groups is 1. The van der Waals surface area contributed by atoms with Crippen LogP contribution in [0.1, 0.15) is 22.2 Å². The molecule has 32 heavy (non-hydrogen) atoms. The molecule has 1 N–H and O–H groups in total. The zero-order chi connectivity index (χ0) is 22.3. The molecule has 1 atom stereocenters. The predicted octanol–water partition coefficient (Wildman–Crippen LogP) is 4.89. The number of benzene rings is 3. The van der Waals surface area contributed by atoms with Crippen molar-refractivity contribution in [2.45, 2.75) is 16.8 Å². The third-order valence-corrected chi connectivity index (χ3v) is 6.32. The van der Waals surface area contributed by atoms with Gasteiger partial charge in [0.2, 0.25) is 5.91 Å². The third-order valence-electron chi connectivity index (χ3n) is 5.03. The van der Waals surface area contributed by atoms with Crippen molar-refractivity contribution < 1.29 is 9.53 Å². The van der Waals surface area contributed by atoms with Crippen molar-refractivity contribution in [3.63, 3.8) is 0 Å². The van der Waals surface area contributed by atoms with Crippen LogP contribution < -0.4 is 10.1 Å². The number of carbonyl (C=O) groups is 1. The lowest BCUT2D eigenvalue weighted by Gasteiger charge is -2.17. The van der Waals surface area contributed by atoms with Gasteiger partial charge in [-0.05, 0) is 23.3 Å².